The van der Waals surface area contributed by atoms with Gasteiger partial charge in [-0.3, -0.25) is 9.59 Å². The van der Waals surface area contributed by atoms with Crippen molar-refractivity contribution in [3.05, 3.63) is 29.8 Å². The van der Waals surface area contributed by atoms with Crippen LogP contribution in [0, 0.1) is 0 Å². The van der Waals surface area contributed by atoms with E-state index in [1.165, 1.54) is 0 Å². The van der Waals surface area contributed by atoms with Crippen LogP contribution in [0.1, 0.15) is 36.5 Å². The Labute approximate surface area is 119 Å². The van der Waals surface area contributed by atoms with E-state index in [0.29, 0.717) is 12.0 Å². The largest absolute Gasteiger partial charge is 0.481 e. The molecule has 0 fully saturated rings. The number of carboxylic acids is 1. The van der Waals surface area contributed by atoms with E-state index in [-0.39, 0.29) is 18.4 Å². The first-order chi connectivity index (χ1) is 9.43. The molecular weight excluding hydrogens is 256 g/mol. The van der Waals surface area contributed by atoms with Crippen molar-refractivity contribution >= 4 is 17.6 Å². The third kappa shape index (κ3) is 4.91. The van der Waals surface area contributed by atoms with Gasteiger partial charge in [0.1, 0.15) is 0 Å². The summed E-state index contributed by atoms with van der Waals surface area (Å²) < 4.78 is 0. The second-order valence-corrected chi connectivity index (χ2v) is 5.00. The van der Waals surface area contributed by atoms with E-state index in [2.05, 4.69) is 5.32 Å². The minimum absolute atomic E-state index is 0.0463. The number of carbonyl (C=O) groups excluding carboxylic acids is 1. The zero-order valence-electron chi connectivity index (χ0n) is 12.2. The van der Waals surface area contributed by atoms with Crippen molar-refractivity contribution in [3.63, 3.8) is 0 Å². The second kappa shape index (κ2) is 7.53. The molecule has 1 amide bonds. The van der Waals surface area contributed by atoms with E-state index in [0.717, 1.165) is 12.1 Å². The lowest BCUT2D eigenvalue weighted by Crippen LogP contribution is -2.36. The van der Waals surface area contributed by atoms with Gasteiger partial charge >= 0.3 is 5.97 Å². The molecule has 0 spiro atoms. The van der Waals surface area contributed by atoms with Crippen molar-refractivity contribution in [3.8, 4) is 0 Å². The Morgan fingerprint density at radius 1 is 1.25 bits per heavy atom. The molecule has 2 N–H and O–H groups in total. The van der Waals surface area contributed by atoms with Crippen LogP contribution in [0.15, 0.2) is 24.3 Å². The summed E-state index contributed by atoms with van der Waals surface area (Å²) in [7, 11) is 3.86. The number of benzene rings is 1. The van der Waals surface area contributed by atoms with E-state index in [1.807, 2.05) is 38.1 Å². The van der Waals surface area contributed by atoms with Gasteiger partial charge in [-0.15, -0.1) is 0 Å². The molecule has 0 saturated carbocycles. The van der Waals surface area contributed by atoms with Crippen molar-refractivity contribution in [2.45, 2.75) is 32.2 Å². The molecule has 0 aliphatic rings. The average Bonchev–Trinajstić information content (AvgIpc) is 2.38. The number of nitrogens with one attached hydrogen (secondary N) is 1. The molecule has 110 valence electrons. The monoisotopic (exact) mass is 278 g/mol. The normalized spacial score (nSPS) is 11.8. The van der Waals surface area contributed by atoms with Gasteiger partial charge in [0.25, 0.3) is 5.91 Å². The molecule has 0 aliphatic heterocycles. The van der Waals surface area contributed by atoms with Gasteiger partial charge in [0.2, 0.25) is 0 Å². The molecule has 20 heavy (non-hydrogen) atoms. The van der Waals surface area contributed by atoms with E-state index >= 15 is 0 Å². The Hall–Kier alpha value is -2.04. The van der Waals surface area contributed by atoms with Crippen LogP contribution in [0.4, 0.5) is 5.69 Å². The predicted octanol–water partition coefficient (Wildman–Crippen LogP) is 2.13. The van der Waals surface area contributed by atoms with Crippen molar-refractivity contribution < 1.29 is 14.7 Å². The molecule has 5 heteroatoms. The van der Waals surface area contributed by atoms with Crippen LogP contribution in [0.25, 0.3) is 0 Å². The molecule has 0 aromatic heterocycles. The molecule has 1 aromatic rings. The maximum Gasteiger partial charge on any atom is 0.305 e. The van der Waals surface area contributed by atoms with Crippen LogP contribution in [0.2, 0.25) is 0 Å². The highest BCUT2D eigenvalue weighted by Crippen LogP contribution is 2.13. The van der Waals surface area contributed by atoms with Gasteiger partial charge in [0.15, 0.2) is 0 Å². The van der Waals surface area contributed by atoms with Crippen molar-refractivity contribution in [1.29, 1.82) is 0 Å². The standard InChI is InChI=1S/C15H22N2O3/c1-4-5-12(10-14(18)19)16-15(20)11-6-8-13(9-7-11)17(2)3/h6-9,12H,4-5,10H2,1-3H3,(H,16,20)(H,18,19). The number of hydrogen-bond acceptors (Lipinski definition) is 3. The minimum atomic E-state index is -0.897. The highest BCUT2D eigenvalue weighted by Gasteiger charge is 2.16. The third-order valence-electron chi connectivity index (χ3n) is 3.04. The fourth-order valence-corrected chi connectivity index (χ4v) is 1.96. The first-order valence-electron chi connectivity index (χ1n) is 6.74. The van der Waals surface area contributed by atoms with Gasteiger partial charge in [-0.1, -0.05) is 13.3 Å². The summed E-state index contributed by atoms with van der Waals surface area (Å²) in [6, 6.07) is 6.89. The van der Waals surface area contributed by atoms with E-state index in [9.17, 15) is 9.59 Å². The molecule has 0 radical (unpaired) electrons. The van der Waals surface area contributed by atoms with Crippen LogP contribution in [0.5, 0.6) is 0 Å². The van der Waals surface area contributed by atoms with Crippen LogP contribution >= 0.6 is 0 Å². The summed E-state index contributed by atoms with van der Waals surface area (Å²) in [5, 5.41) is 11.6. The number of carbonyl (C=O) groups is 2. The molecule has 0 bridgehead atoms. The topological polar surface area (TPSA) is 69.6 Å². The van der Waals surface area contributed by atoms with Crippen LogP contribution in [-0.4, -0.2) is 37.1 Å². The Kier molecular flexibility index (Phi) is 6.03. The maximum atomic E-state index is 12.1. The van der Waals surface area contributed by atoms with Crippen LogP contribution in [-0.2, 0) is 4.79 Å². The zero-order valence-corrected chi connectivity index (χ0v) is 12.2. The molecule has 1 unspecified atom stereocenters. The number of hydrogen-bond donors (Lipinski definition) is 2. The van der Waals surface area contributed by atoms with Gasteiger partial charge in [0.05, 0.1) is 6.42 Å². The Morgan fingerprint density at radius 2 is 1.85 bits per heavy atom. The van der Waals surface area contributed by atoms with Crippen molar-refractivity contribution in [2.24, 2.45) is 0 Å². The van der Waals surface area contributed by atoms with Crippen molar-refractivity contribution in [2.75, 3.05) is 19.0 Å². The lowest BCUT2D eigenvalue weighted by Gasteiger charge is -2.17. The lowest BCUT2D eigenvalue weighted by molar-refractivity contribution is -0.137. The Balaban J connectivity index is 2.70. The number of aliphatic carboxylic acids is 1. The van der Waals surface area contributed by atoms with Gasteiger partial charge < -0.3 is 15.3 Å². The van der Waals surface area contributed by atoms with Gasteiger partial charge in [-0.2, -0.15) is 0 Å². The smallest absolute Gasteiger partial charge is 0.305 e. The summed E-state index contributed by atoms with van der Waals surface area (Å²) in [5.74, 6) is -1.12. The van der Waals surface area contributed by atoms with Gasteiger partial charge in [-0.05, 0) is 30.7 Å². The number of nitrogens with zero attached hydrogens (tertiary/aromatic N) is 1. The number of rotatable bonds is 7. The second-order valence-electron chi connectivity index (χ2n) is 5.00. The quantitative estimate of drug-likeness (QED) is 0.801. The summed E-state index contributed by atoms with van der Waals surface area (Å²) >= 11 is 0. The highest BCUT2D eigenvalue weighted by molar-refractivity contribution is 5.94. The molecule has 0 heterocycles. The molecule has 1 atom stereocenters. The summed E-state index contributed by atoms with van der Waals surface area (Å²) in [6.45, 7) is 1.97. The Morgan fingerprint density at radius 3 is 2.30 bits per heavy atom. The minimum Gasteiger partial charge on any atom is -0.481 e. The first-order valence-corrected chi connectivity index (χ1v) is 6.74. The lowest BCUT2D eigenvalue weighted by atomic mass is 10.1. The summed E-state index contributed by atoms with van der Waals surface area (Å²) in [5.41, 5.74) is 1.55. The molecular formula is C15H22N2O3. The third-order valence-corrected chi connectivity index (χ3v) is 3.04. The molecule has 0 aliphatic carbocycles. The van der Waals surface area contributed by atoms with E-state index in [4.69, 9.17) is 5.11 Å². The molecule has 5 nitrogen and oxygen atoms in total. The maximum absolute atomic E-state index is 12.1. The molecule has 1 rings (SSSR count). The first kappa shape index (κ1) is 16.0. The van der Waals surface area contributed by atoms with Gasteiger partial charge in [0, 0.05) is 31.4 Å². The highest BCUT2D eigenvalue weighted by atomic mass is 16.4. The fourth-order valence-electron chi connectivity index (χ4n) is 1.96. The summed E-state index contributed by atoms with van der Waals surface area (Å²) in [6.07, 6.45) is 1.45. The van der Waals surface area contributed by atoms with Crippen LogP contribution < -0.4 is 10.2 Å². The van der Waals surface area contributed by atoms with E-state index < -0.39 is 5.97 Å². The van der Waals surface area contributed by atoms with E-state index in [1.54, 1.807) is 12.1 Å². The average molecular weight is 278 g/mol. The van der Waals surface area contributed by atoms with Crippen molar-refractivity contribution in [1.82, 2.24) is 5.32 Å². The number of amides is 1. The molecule has 1 aromatic carbocycles. The fraction of sp³-hybridized carbons (Fsp3) is 0.467. The predicted molar refractivity (Wildman–Crippen MR) is 79.2 cm³/mol. The SMILES string of the molecule is CCCC(CC(=O)O)NC(=O)c1ccc(N(C)C)cc1. The zero-order chi connectivity index (χ0) is 15.1. The van der Waals surface area contributed by atoms with Gasteiger partial charge in [-0.25, -0.2) is 0 Å². The number of carboxylic acid groups (broad SMARTS) is 1. The number of anilines is 1. The van der Waals surface area contributed by atoms with Crippen LogP contribution in [0.3, 0.4) is 0 Å². The summed E-state index contributed by atoms with van der Waals surface area (Å²) in [4.78, 5) is 24.8. The molecule has 0 saturated heterocycles. The Bertz CT molecular complexity index is 455.